The normalized spacial score (nSPS) is 11.7. The van der Waals surface area contributed by atoms with Gasteiger partial charge < -0.3 is 5.73 Å². The van der Waals surface area contributed by atoms with Crippen molar-refractivity contribution in [2.45, 2.75) is 101 Å². The van der Waals surface area contributed by atoms with Crippen molar-refractivity contribution in [3.05, 3.63) is 78.4 Å². The van der Waals surface area contributed by atoms with Gasteiger partial charge in [0.1, 0.15) is 0 Å². The minimum atomic E-state index is 0.790. The summed E-state index contributed by atoms with van der Waals surface area (Å²) in [5.74, 6) is 1.62. The van der Waals surface area contributed by atoms with Crippen molar-refractivity contribution in [2.24, 2.45) is 17.6 Å². The first-order valence-electron chi connectivity index (χ1n) is 13.2. The highest BCUT2D eigenvalue weighted by Crippen LogP contribution is 2.18. The lowest BCUT2D eigenvalue weighted by Crippen LogP contribution is -2.04. The SMILES string of the molecule is C/C=C\c1ccccc1C.C=C/C=C\C=C/CC(C)C(C)CC.CC.CCCC.CCCN. The summed E-state index contributed by atoms with van der Waals surface area (Å²) in [6.07, 6.45) is 20.5. The number of nitrogens with two attached hydrogens (primary N) is 1. The van der Waals surface area contributed by atoms with Crippen LogP contribution in [0.5, 0.6) is 0 Å². The lowest BCUT2D eigenvalue weighted by atomic mass is 9.91. The molecule has 0 bridgehead atoms. The van der Waals surface area contributed by atoms with E-state index in [4.69, 9.17) is 5.73 Å². The molecule has 2 unspecified atom stereocenters. The molecule has 1 aromatic carbocycles. The van der Waals surface area contributed by atoms with Crippen LogP contribution in [0, 0.1) is 18.8 Å². The smallest absolute Gasteiger partial charge is 0.00799 e. The third-order valence-electron chi connectivity index (χ3n) is 4.94. The second kappa shape index (κ2) is 34.7. The summed E-state index contributed by atoms with van der Waals surface area (Å²) < 4.78 is 0. The summed E-state index contributed by atoms with van der Waals surface area (Å²) in [7, 11) is 0. The van der Waals surface area contributed by atoms with Crippen LogP contribution < -0.4 is 5.73 Å². The van der Waals surface area contributed by atoms with E-state index >= 15 is 0 Å². The van der Waals surface area contributed by atoms with Gasteiger partial charge in [0.15, 0.2) is 0 Å². The Balaban J connectivity index is -0.000000185. The van der Waals surface area contributed by atoms with Gasteiger partial charge in [0.05, 0.1) is 0 Å². The Morgan fingerprint density at radius 3 is 1.82 bits per heavy atom. The van der Waals surface area contributed by atoms with Crippen molar-refractivity contribution in [1.82, 2.24) is 0 Å². The van der Waals surface area contributed by atoms with E-state index in [-0.39, 0.29) is 0 Å². The van der Waals surface area contributed by atoms with Crippen LogP contribution in [0.4, 0.5) is 0 Å². The molecule has 1 nitrogen and oxygen atoms in total. The van der Waals surface area contributed by atoms with Gasteiger partial charge in [-0.25, -0.2) is 0 Å². The lowest BCUT2D eigenvalue weighted by Gasteiger charge is -2.15. The highest BCUT2D eigenvalue weighted by Gasteiger charge is 2.06. The van der Waals surface area contributed by atoms with Crippen LogP contribution in [0.3, 0.4) is 0 Å². The van der Waals surface area contributed by atoms with E-state index in [1.165, 1.54) is 36.8 Å². The number of hydrogen-bond donors (Lipinski definition) is 1. The van der Waals surface area contributed by atoms with E-state index in [0.29, 0.717) is 0 Å². The van der Waals surface area contributed by atoms with E-state index in [2.05, 4.69) is 104 Å². The molecule has 0 aliphatic carbocycles. The van der Waals surface area contributed by atoms with Crippen LogP contribution >= 0.6 is 0 Å². The van der Waals surface area contributed by atoms with Gasteiger partial charge in [-0.15, -0.1) is 0 Å². The fourth-order valence-electron chi connectivity index (χ4n) is 2.10. The van der Waals surface area contributed by atoms with E-state index in [9.17, 15) is 0 Å². The monoisotopic (exact) mass is 457 g/mol. The Labute approximate surface area is 210 Å². The van der Waals surface area contributed by atoms with Crippen LogP contribution in [-0.4, -0.2) is 6.54 Å². The molecule has 0 saturated heterocycles. The number of allylic oxidation sites excluding steroid dienone is 6. The highest BCUT2D eigenvalue weighted by molar-refractivity contribution is 5.52. The molecule has 33 heavy (non-hydrogen) atoms. The van der Waals surface area contributed by atoms with Gasteiger partial charge in [-0.2, -0.15) is 0 Å². The second-order valence-corrected chi connectivity index (χ2v) is 7.79. The van der Waals surface area contributed by atoms with Gasteiger partial charge in [-0.05, 0) is 56.2 Å². The fourth-order valence-corrected chi connectivity index (χ4v) is 2.10. The Hall–Kier alpha value is -1.86. The predicted octanol–water partition coefficient (Wildman–Crippen LogP) is 10.6. The van der Waals surface area contributed by atoms with Crippen molar-refractivity contribution >= 4 is 6.08 Å². The van der Waals surface area contributed by atoms with Crippen molar-refractivity contribution in [3.8, 4) is 0 Å². The van der Waals surface area contributed by atoms with Crippen molar-refractivity contribution in [3.63, 3.8) is 0 Å². The molecule has 1 rings (SSSR count). The average molecular weight is 458 g/mol. The van der Waals surface area contributed by atoms with Gasteiger partial charge >= 0.3 is 0 Å². The largest absolute Gasteiger partial charge is 0.330 e. The first-order chi connectivity index (χ1) is 15.9. The predicted molar refractivity (Wildman–Crippen MR) is 159 cm³/mol. The quantitative estimate of drug-likeness (QED) is 0.366. The van der Waals surface area contributed by atoms with Crippen LogP contribution in [0.1, 0.15) is 106 Å². The van der Waals surface area contributed by atoms with Gasteiger partial charge in [0.2, 0.25) is 0 Å². The molecular weight excluding hydrogens is 398 g/mol. The standard InChI is InChI=1S/C13H22.C10H12.C4H10.C3H9N.C2H6/c1-5-7-8-9-10-11-13(4)12(3)6-2;1-3-6-10-8-5-4-7-9(10)2;1-3-4-2;1-2-3-4;1-2/h5,7-10,12-13H,1,6,11H2,2-4H3;3-8H,1-2H3;3-4H2,1-2H3;2-4H2,1H3;1-2H3/b8-7-,10-9-;6-3-;;;. The third kappa shape index (κ3) is 32.4. The van der Waals surface area contributed by atoms with Crippen molar-refractivity contribution < 1.29 is 0 Å². The van der Waals surface area contributed by atoms with Gasteiger partial charge in [-0.3, -0.25) is 0 Å². The number of unbranched alkanes of at least 4 members (excludes halogenated alkanes) is 1. The average Bonchev–Trinajstić information content (AvgIpc) is 2.86. The van der Waals surface area contributed by atoms with Gasteiger partial charge in [-0.1, -0.05) is 148 Å². The summed E-state index contributed by atoms with van der Waals surface area (Å²) in [6.45, 7) is 25.9. The van der Waals surface area contributed by atoms with Crippen molar-refractivity contribution in [2.75, 3.05) is 6.54 Å². The fraction of sp³-hybridized carbons (Fsp3) is 0.562. The molecule has 1 heteroatoms. The zero-order valence-electron chi connectivity index (χ0n) is 24.0. The summed E-state index contributed by atoms with van der Waals surface area (Å²) in [4.78, 5) is 0. The second-order valence-electron chi connectivity index (χ2n) is 7.79. The lowest BCUT2D eigenvalue weighted by molar-refractivity contribution is 0.380. The van der Waals surface area contributed by atoms with Crippen LogP contribution in [-0.2, 0) is 0 Å². The molecule has 192 valence electrons. The molecule has 0 heterocycles. The molecule has 2 atom stereocenters. The molecule has 0 aliphatic heterocycles. The first-order valence-corrected chi connectivity index (χ1v) is 13.2. The zero-order chi connectivity index (χ0) is 26.3. The molecule has 1 aromatic rings. The summed E-state index contributed by atoms with van der Waals surface area (Å²) >= 11 is 0. The maximum absolute atomic E-state index is 5.03. The van der Waals surface area contributed by atoms with Crippen LogP contribution in [0.2, 0.25) is 0 Å². The molecule has 0 aromatic heterocycles. The summed E-state index contributed by atoms with van der Waals surface area (Å²) in [5, 5.41) is 0. The molecular formula is C32H59N. The zero-order valence-corrected chi connectivity index (χ0v) is 24.0. The van der Waals surface area contributed by atoms with Gasteiger partial charge in [0, 0.05) is 0 Å². The third-order valence-corrected chi connectivity index (χ3v) is 4.94. The van der Waals surface area contributed by atoms with Gasteiger partial charge in [0.25, 0.3) is 0 Å². The number of rotatable bonds is 9. The Morgan fingerprint density at radius 2 is 1.42 bits per heavy atom. The minimum Gasteiger partial charge on any atom is -0.330 e. The highest BCUT2D eigenvalue weighted by atomic mass is 14.5. The summed E-state index contributed by atoms with van der Waals surface area (Å²) in [6, 6.07) is 8.36. The maximum Gasteiger partial charge on any atom is -0.00799 e. The van der Waals surface area contributed by atoms with E-state index < -0.39 is 0 Å². The van der Waals surface area contributed by atoms with Crippen molar-refractivity contribution in [1.29, 1.82) is 0 Å². The summed E-state index contributed by atoms with van der Waals surface area (Å²) in [5.41, 5.74) is 7.67. The molecule has 0 aliphatic rings. The molecule has 0 fully saturated rings. The molecule has 0 amide bonds. The molecule has 2 N–H and O–H groups in total. The topological polar surface area (TPSA) is 26.0 Å². The molecule has 0 spiro atoms. The number of aryl methyl sites for hydroxylation is 1. The maximum atomic E-state index is 5.03. The Morgan fingerprint density at radius 1 is 0.879 bits per heavy atom. The number of hydrogen-bond acceptors (Lipinski definition) is 1. The minimum absolute atomic E-state index is 0.790. The molecule has 0 saturated carbocycles. The number of benzene rings is 1. The first kappa shape index (κ1) is 38.4. The Bertz CT molecular complexity index is 558. The van der Waals surface area contributed by atoms with E-state index in [1.807, 2.05) is 32.9 Å². The Kier molecular flexibility index (Phi) is 40.4. The van der Waals surface area contributed by atoms with Crippen LogP contribution in [0.15, 0.2) is 67.3 Å². The van der Waals surface area contributed by atoms with Crippen LogP contribution in [0.25, 0.3) is 6.08 Å². The van der Waals surface area contributed by atoms with E-state index in [0.717, 1.165) is 24.8 Å². The van der Waals surface area contributed by atoms with E-state index in [1.54, 1.807) is 6.08 Å². The molecule has 0 radical (unpaired) electrons.